The van der Waals surface area contributed by atoms with E-state index < -0.39 is 0 Å². The smallest absolute Gasteiger partial charge is 0.305 e. The first-order valence-electron chi connectivity index (χ1n) is 38.0. The van der Waals surface area contributed by atoms with Gasteiger partial charge in [-0.2, -0.15) is 0 Å². The van der Waals surface area contributed by atoms with E-state index in [1.54, 1.807) is 0 Å². The van der Waals surface area contributed by atoms with Crippen molar-refractivity contribution < 1.29 is 47.5 Å². The number of unbranched alkanes of at least 4 members (excludes halogenated alkanes) is 19. The number of hydrogen-bond acceptors (Lipinski definition) is 13. The van der Waals surface area contributed by atoms with Crippen molar-refractivity contribution in [2.24, 2.45) is 0 Å². The SMILES string of the molecule is CCCCCCCCOc1cc(C#Cc2ccc(OCCCCCCCC(=O)OCC)cc2)c(OCCCCCCC)cc1C#Cc1ccc(-c2nnc(-c3ccc(C#Cc4cc(OCCCCC)c(C#Cc5ccc(OCCCCC(=O)OCC)cc5)cc4OCCCCCC)cc3)s2)cc1. The maximum absolute atomic E-state index is 11.7. The Balaban J connectivity index is 1.05. The summed E-state index contributed by atoms with van der Waals surface area (Å²) in [4.78, 5) is 23.3. The van der Waals surface area contributed by atoms with Gasteiger partial charge >= 0.3 is 11.9 Å². The number of carbonyl (C=O) groups excluding carboxylic acids is 2. The largest absolute Gasteiger partial charge is 0.494 e. The van der Waals surface area contributed by atoms with Crippen molar-refractivity contribution in [3.63, 3.8) is 0 Å². The summed E-state index contributed by atoms with van der Waals surface area (Å²) in [6.45, 7) is 16.8. The molecule has 7 aromatic rings. The van der Waals surface area contributed by atoms with Gasteiger partial charge in [0.05, 0.1) is 75.1 Å². The number of esters is 2. The van der Waals surface area contributed by atoms with E-state index >= 15 is 0 Å². The minimum atomic E-state index is -0.173. The highest BCUT2D eigenvalue weighted by molar-refractivity contribution is 7.17. The van der Waals surface area contributed by atoms with Gasteiger partial charge in [-0.05, 0) is 138 Å². The Morgan fingerprint density at radius 2 is 0.559 bits per heavy atom. The molecule has 0 atom stereocenters. The molecule has 0 aliphatic carbocycles. The minimum Gasteiger partial charge on any atom is -0.494 e. The molecule has 0 aliphatic rings. The highest BCUT2D eigenvalue weighted by Gasteiger charge is 2.15. The summed E-state index contributed by atoms with van der Waals surface area (Å²) in [7, 11) is 0. The van der Waals surface area contributed by atoms with Crippen LogP contribution >= 0.6 is 11.3 Å². The number of nitrogens with zero attached hydrogens (tertiary/aromatic N) is 2. The molecular formula is C89H108N2O10S. The van der Waals surface area contributed by atoms with Crippen LogP contribution in [0.5, 0.6) is 34.5 Å². The molecule has 102 heavy (non-hydrogen) atoms. The molecule has 0 bridgehead atoms. The second-order valence-corrected chi connectivity index (χ2v) is 26.4. The maximum atomic E-state index is 11.7. The predicted molar refractivity (Wildman–Crippen MR) is 414 cm³/mol. The highest BCUT2D eigenvalue weighted by atomic mass is 32.1. The van der Waals surface area contributed by atoms with Gasteiger partial charge in [0.1, 0.15) is 44.5 Å². The van der Waals surface area contributed by atoms with Gasteiger partial charge in [-0.15, -0.1) is 10.2 Å². The summed E-state index contributed by atoms with van der Waals surface area (Å²) in [6, 6.07) is 39.9. The normalized spacial score (nSPS) is 10.6. The van der Waals surface area contributed by atoms with Crippen molar-refractivity contribution >= 4 is 23.3 Å². The Hall–Kier alpha value is -9.14. The third-order valence-corrected chi connectivity index (χ3v) is 17.9. The third-order valence-electron chi connectivity index (χ3n) is 16.9. The van der Waals surface area contributed by atoms with Crippen LogP contribution in [0.25, 0.3) is 21.1 Å². The first kappa shape index (κ1) is 80.2. The van der Waals surface area contributed by atoms with Crippen LogP contribution in [0.15, 0.2) is 121 Å². The molecule has 0 fully saturated rings. The van der Waals surface area contributed by atoms with Gasteiger partial charge in [0.25, 0.3) is 0 Å². The van der Waals surface area contributed by atoms with E-state index in [1.807, 2.05) is 123 Å². The minimum absolute atomic E-state index is 0.110. The molecule has 12 nitrogen and oxygen atoms in total. The van der Waals surface area contributed by atoms with Crippen LogP contribution in [0, 0.1) is 47.4 Å². The average molecular weight is 1400 g/mol. The maximum Gasteiger partial charge on any atom is 0.305 e. The van der Waals surface area contributed by atoms with E-state index in [4.69, 9.17) is 37.9 Å². The van der Waals surface area contributed by atoms with Gasteiger partial charge in [-0.25, -0.2) is 0 Å². The van der Waals surface area contributed by atoms with Crippen LogP contribution in [0.4, 0.5) is 0 Å². The number of hydrogen-bond donors (Lipinski definition) is 0. The lowest BCUT2D eigenvalue weighted by atomic mass is 10.1. The van der Waals surface area contributed by atoms with E-state index in [9.17, 15) is 9.59 Å². The molecule has 13 heteroatoms. The lowest BCUT2D eigenvalue weighted by Crippen LogP contribution is -2.05. The van der Waals surface area contributed by atoms with Crippen molar-refractivity contribution in [1.82, 2.24) is 10.2 Å². The molecule has 0 radical (unpaired) electrons. The standard InChI is InChI=1S/C89H108N2O10S/c1-7-13-17-20-24-32-65-101-84-69-79(55-43-72-44-56-80(57-45-72)96-60-30-25-21-22-26-34-86(92)94-11-5)85(100-64-31-23-18-14-8-2)67-77(84)53-41-71-38-50-75(51-39-71)89-91-90-88(102-89)74-48-36-70(37-49-74)40-52-76-66-82(98-62-28-16-10-4)78(68-83(76)99-63-29-19-15-9-3)54-42-73-46-58-81(59-47-73)97-61-33-27-35-87(93)95-12-6/h36-39,44-51,56-59,66-69H,7-35,60-65H2,1-6H3. The summed E-state index contributed by atoms with van der Waals surface area (Å²) < 4.78 is 48.2. The van der Waals surface area contributed by atoms with Crippen molar-refractivity contribution in [3.05, 3.63) is 166 Å². The van der Waals surface area contributed by atoms with Crippen molar-refractivity contribution in [1.29, 1.82) is 0 Å². The van der Waals surface area contributed by atoms with Crippen molar-refractivity contribution in [2.75, 3.05) is 52.9 Å². The lowest BCUT2D eigenvalue weighted by molar-refractivity contribution is -0.144. The van der Waals surface area contributed by atoms with Crippen LogP contribution < -0.4 is 28.4 Å². The molecule has 0 N–H and O–H groups in total. The Morgan fingerprint density at radius 3 is 0.892 bits per heavy atom. The number of aromatic nitrogens is 2. The van der Waals surface area contributed by atoms with E-state index in [-0.39, 0.29) is 11.9 Å². The Kier molecular flexibility index (Phi) is 38.2. The summed E-state index contributed by atoms with van der Waals surface area (Å²) >= 11 is 1.54. The Labute approximate surface area is 614 Å². The molecule has 7 rings (SSSR count). The molecular weight excluding hydrogens is 1290 g/mol. The molecule has 1 aromatic heterocycles. The Morgan fingerprint density at radius 1 is 0.304 bits per heavy atom. The van der Waals surface area contributed by atoms with E-state index in [0.29, 0.717) is 95.1 Å². The molecule has 0 unspecified atom stereocenters. The summed E-state index contributed by atoms with van der Waals surface area (Å²) in [6.07, 6.45) is 27.3. The molecule has 6 aromatic carbocycles. The first-order valence-corrected chi connectivity index (χ1v) is 38.8. The summed E-state index contributed by atoms with van der Waals surface area (Å²) in [5.74, 6) is 31.3. The van der Waals surface area contributed by atoms with Gasteiger partial charge in [0.15, 0.2) is 0 Å². The Bertz CT molecular complexity index is 3850. The van der Waals surface area contributed by atoms with Gasteiger partial charge in [-0.3, -0.25) is 9.59 Å². The molecule has 0 spiro atoms. The fourth-order valence-corrected chi connectivity index (χ4v) is 11.8. The predicted octanol–water partition coefficient (Wildman–Crippen LogP) is 21.5. The topological polar surface area (TPSA) is 134 Å². The monoisotopic (exact) mass is 1400 g/mol. The molecule has 540 valence electrons. The lowest BCUT2D eigenvalue weighted by Gasteiger charge is -2.14. The average Bonchev–Trinajstić information content (AvgIpc) is 1.04. The zero-order chi connectivity index (χ0) is 71.9. The molecule has 0 aliphatic heterocycles. The summed E-state index contributed by atoms with van der Waals surface area (Å²) in [5, 5.41) is 10.9. The molecule has 1 heterocycles. The van der Waals surface area contributed by atoms with Crippen molar-refractivity contribution in [3.8, 4) is 103 Å². The van der Waals surface area contributed by atoms with E-state index in [0.717, 1.165) is 186 Å². The van der Waals surface area contributed by atoms with E-state index in [2.05, 4.69) is 97.4 Å². The quantitative estimate of drug-likeness (QED) is 0.0204. The third kappa shape index (κ3) is 30.6. The molecule has 0 amide bonds. The first-order chi connectivity index (χ1) is 50.2. The van der Waals surface area contributed by atoms with Gasteiger partial charge in [0, 0.05) is 70.5 Å². The number of rotatable bonds is 45. The fraction of sp³-hybridized carbons (Fsp3) is 0.461. The summed E-state index contributed by atoms with van der Waals surface area (Å²) in [5.41, 5.74) is 8.31. The van der Waals surface area contributed by atoms with Crippen LogP contribution in [0.3, 0.4) is 0 Å². The number of ether oxygens (including phenoxy) is 8. The van der Waals surface area contributed by atoms with Crippen LogP contribution in [0.1, 0.15) is 259 Å². The second-order valence-electron chi connectivity index (χ2n) is 25.4. The van der Waals surface area contributed by atoms with E-state index in [1.165, 1.54) is 56.3 Å². The zero-order valence-electron chi connectivity index (χ0n) is 61.7. The van der Waals surface area contributed by atoms with Crippen LogP contribution in [-0.4, -0.2) is 75.0 Å². The number of carbonyl (C=O) groups is 2. The number of benzene rings is 6. The van der Waals surface area contributed by atoms with Gasteiger partial charge in [0.2, 0.25) is 0 Å². The fourth-order valence-electron chi connectivity index (χ4n) is 11.0. The van der Waals surface area contributed by atoms with Crippen LogP contribution in [0.2, 0.25) is 0 Å². The van der Waals surface area contributed by atoms with Crippen molar-refractivity contribution in [2.45, 2.75) is 215 Å². The molecule has 0 saturated heterocycles. The second kappa shape index (κ2) is 48.6. The zero-order valence-corrected chi connectivity index (χ0v) is 62.5. The highest BCUT2D eigenvalue weighted by Crippen LogP contribution is 2.34. The van der Waals surface area contributed by atoms with Crippen LogP contribution in [-0.2, 0) is 19.1 Å². The van der Waals surface area contributed by atoms with Gasteiger partial charge < -0.3 is 37.9 Å². The van der Waals surface area contributed by atoms with Gasteiger partial charge in [-0.1, -0.05) is 220 Å². The molecule has 0 saturated carbocycles.